The monoisotopic (exact) mass is 335 g/mol. The van der Waals surface area contributed by atoms with Gasteiger partial charge in [-0.2, -0.15) is 0 Å². The molecule has 1 aromatic heterocycles. The number of hydrogen-bond acceptors (Lipinski definition) is 7. The second-order valence-corrected chi connectivity index (χ2v) is 6.22. The molecule has 1 aromatic carbocycles. The van der Waals surface area contributed by atoms with Crippen LogP contribution in [0.5, 0.6) is 17.2 Å². The Balaban J connectivity index is 1.85. The van der Waals surface area contributed by atoms with Gasteiger partial charge in [0.25, 0.3) is 5.56 Å². The molecule has 2 heterocycles. The van der Waals surface area contributed by atoms with E-state index in [0.29, 0.717) is 35.8 Å². The number of fused-ring (bicyclic) bond motifs is 1. The summed E-state index contributed by atoms with van der Waals surface area (Å²) in [4.78, 5) is 21.3. The van der Waals surface area contributed by atoms with Gasteiger partial charge in [0, 0.05) is 43.8 Å². The Morgan fingerprint density at radius 1 is 1.30 bits per heavy atom. The fourth-order valence-corrected chi connectivity index (χ4v) is 3.10. The van der Waals surface area contributed by atoms with E-state index >= 15 is 0 Å². The van der Waals surface area contributed by atoms with Crippen molar-refractivity contribution in [3.63, 3.8) is 0 Å². The number of thioether (sulfide) groups is 1. The first-order chi connectivity index (χ1) is 11.0. The zero-order valence-electron chi connectivity index (χ0n) is 12.5. The van der Waals surface area contributed by atoms with Crippen LogP contribution in [-0.2, 0) is 19.5 Å². The van der Waals surface area contributed by atoms with Gasteiger partial charge in [-0.1, -0.05) is 11.8 Å². The summed E-state index contributed by atoms with van der Waals surface area (Å²) in [7, 11) is 0. The zero-order valence-corrected chi connectivity index (χ0v) is 13.4. The highest BCUT2D eigenvalue weighted by Gasteiger charge is 2.23. The second kappa shape index (κ2) is 6.13. The summed E-state index contributed by atoms with van der Waals surface area (Å²) in [5, 5.41) is 29.7. The minimum atomic E-state index is -0.196. The molecule has 122 valence electrons. The van der Waals surface area contributed by atoms with Gasteiger partial charge in [-0.15, -0.1) is 0 Å². The molecule has 0 aliphatic carbocycles. The number of aromatic nitrogens is 2. The Bertz CT molecular complexity index is 783. The average molecular weight is 335 g/mol. The lowest BCUT2D eigenvalue weighted by Crippen LogP contribution is -2.35. The van der Waals surface area contributed by atoms with Crippen LogP contribution in [0.25, 0.3) is 0 Å². The van der Waals surface area contributed by atoms with Crippen molar-refractivity contribution in [1.29, 1.82) is 0 Å². The molecule has 1 aliphatic rings. The first kappa shape index (κ1) is 15.7. The summed E-state index contributed by atoms with van der Waals surface area (Å²) in [6, 6.07) is 2.37. The molecule has 8 heteroatoms. The molecule has 7 nitrogen and oxygen atoms in total. The zero-order chi connectivity index (χ0) is 16.6. The van der Waals surface area contributed by atoms with E-state index in [2.05, 4.69) is 9.97 Å². The molecule has 0 fully saturated rings. The average Bonchev–Trinajstić information content (AvgIpc) is 2.51. The normalized spacial score (nSPS) is 14.7. The maximum atomic E-state index is 12.2. The predicted octanol–water partition coefficient (Wildman–Crippen LogP) is 1.17. The minimum absolute atomic E-state index is 0.150. The van der Waals surface area contributed by atoms with Gasteiger partial charge in [-0.25, -0.2) is 4.98 Å². The summed E-state index contributed by atoms with van der Waals surface area (Å²) in [6.07, 6.45) is 2.49. The van der Waals surface area contributed by atoms with Gasteiger partial charge in [0.05, 0.1) is 11.3 Å². The molecule has 0 saturated heterocycles. The van der Waals surface area contributed by atoms with Gasteiger partial charge in [-0.05, 0) is 6.26 Å². The van der Waals surface area contributed by atoms with Crippen molar-refractivity contribution in [2.24, 2.45) is 0 Å². The Labute approximate surface area is 136 Å². The van der Waals surface area contributed by atoms with E-state index in [9.17, 15) is 20.1 Å². The molecule has 0 unspecified atom stereocenters. The number of nitrogens with one attached hydrogen (secondary N) is 1. The molecule has 2 aromatic rings. The third-order valence-electron chi connectivity index (χ3n) is 3.89. The lowest BCUT2D eigenvalue weighted by molar-refractivity contribution is 0.234. The van der Waals surface area contributed by atoms with Gasteiger partial charge in [0.1, 0.15) is 17.2 Å². The van der Waals surface area contributed by atoms with Crippen molar-refractivity contribution in [3.05, 3.63) is 39.3 Å². The SMILES string of the molecule is CSc1nc2c(c(=O)[nH]1)CN(Cc1c(O)cc(O)cc1O)CC2. The maximum Gasteiger partial charge on any atom is 0.256 e. The highest BCUT2D eigenvalue weighted by Crippen LogP contribution is 2.33. The van der Waals surface area contributed by atoms with Crippen molar-refractivity contribution >= 4 is 11.8 Å². The summed E-state index contributed by atoms with van der Waals surface area (Å²) in [5.41, 5.74) is 1.60. The molecule has 1 aliphatic heterocycles. The summed E-state index contributed by atoms with van der Waals surface area (Å²) < 4.78 is 0. The third kappa shape index (κ3) is 3.13. The van der Waals surface area contributed by atoms with Crippen LogP contribution in [0.2, 0.25) is 0 Å². The summed E-state index contributed by atoms with van der Waals surface area (Å²) >= 11 is 1.39. The van der Waals surface area contributed by atoms with Crippen LogP contribution in [0.15, 0.2) is 22.1 Å². The summed E-state index contributed by atoms with van der Waals surface area (Å²) in [5.74, 6) is -0.533. The first-order valence-electron chi connectivity index (χ1n) is 7.10. The molecular weight excluding hydrogens is 318 g/mol. The number of nitrogens with zero attached hydrogens (tertiary/aromatic N) is 2. The van der Waals surface area contributed by atoms with Crippen molar-refractivity contribution in [3.8, 4) is 17.2 Å². The van der Waals surface area contributed by atoms with E-state index in [1.165, 1.54) is 23.9 Å². The van der Waals surface area contributed by atoms with Gasteiger partial charge in [-0.3, -0.25) is 9.69 Å². The number of rotatable bonds is 3. The van der Waals surface area contributed by atoms with E-state index in [1.807, 2.05) is 11.2 Å². The molecular formula is C15H17N3O4S. The quantitative estimate of drug-likeness (QED) is 0.492. The summed E-state index contributed by atoms with van der Waals surface area (Å²) in [6.45, 7) is 1.34. The van der Waals surface area contributed by atoms with Crippen molar-refractivity contribution in [2.45, 2.75) is 24.7 Å². The number of benzene rings is 1. The Hall–Kier alpha value is -2.19. The smallest absolute Gasteiger partial charge is 0.256 e. The van der Waals surface area contributed by atoms with Crippen LogP contribution in [0, 0.1) is 0 Å². The van der Waals surface area contributed by atoms with Crippen LogP contribution in [0.4, 0.5) is 0 Å². The first-order valence-corrected chi connectivity index (χ1v) is 8.32. The van der Waals surface area contributed by atoms with Crippen LogP contribution in [0.1, 0.15) is 16.8 Å². The molecule has 4 N–H and O–H groups in total. The van der Waals surface area contributed by atoms with Gasteiger partial charge >= 0.3 is 0 Å². The number of aromatic amines is 1. The van der Waals surface area contributed by atoms with Crippen LogP contribution in [0.3, 0.4) is 0 Å². The fraction of sp³-hybridized carbons (Fsp3) is 0.333. The lowest BCUT2D eigenvalue weighted by atomic mass is 10.1. The number of hydrogen-bond donors (Lipinski definition) is 4. The standard InChI is InChI=1S/C15H17N3O4S/c1-23-15-16-11-2-3-18(6-9(11)14(22)17-15)7-10-12(20)4-8(19)5-13(10)21/h4-5,19-21H,2-3,6-7H2,1H3,(H,16,17,22). The molecule has 0 saturated carbocycles. The van der Waals surface area contributed by atoms with Crippen molar-refractivity contribution < 1.29 is 15.3 Å². The molecule has 3 rings (SSSR count). The number of phenols is 3. The lowest BCUT2D eigenvalue weighted by Gasteiger charge is -2.28. The number of phenolic OH excluding ortho intramolecular Hbond substituents is 3. The number of aromatic hydroxyl groups is 3. The molecule has 23 heavy (non-hydrogen) atoms. The fourth-order valence-electron chi connectivity index (χ4n) is 2.70. The molecule has 0 spiro atoms. The van der Waals surface area contributed by atoms with Crippen LogP contribution in [-0.4, -0.2) is 43.0 Å². The van der Waals surface area contributed by atoms with Gasteiger partial charge in [0.2, 0.25) is 0 Å². The largest absolute Gasteiger partial charge is 0.508 e. The minimum Gasteiger partial charge on any atom is -0.508 e. The second-order valence-electron chi connectivity index (χ2n) is 5.42. The van der Waals surface area contributed by atoms with Crippen LogP contribution >= 0.6 is 11.8 Å². The van der Waals surface area contributed by atoms with Crippen molar-refractivity contribution in [2.75, 3.05) is 12.8 Å². The molecule has 0 bridgehead atoms. The molecule has 0 radical (unpaired) electrons. The van der Waals surface area contributed by atoms with Gasteiger partial charge < -0.3 is 20.3 Å². The van der Waals surface area contributed by atoms with E-state index in [-0.39, 0.29) is 29.4 Å². The van der Waals surface area contributed by atoms with E-state index in [0.717, 1.165) is 5.69 Å². The Morgan fingerprint density at radius 3 is 2.65 bits per heavy atom. The topological polar surface area (TPSA) is 110 Å². The Morgan fingerprint density at radius 2 is 2.00 bits per heavy atom. The molecule has 0 atom stereocenters. The van der Waals surface area contributed by atoms with E-state index in [4.69, 9.17) is 0 Å². The highest BCUT2D eigenvalue weighted by atomic mass is 32.2. The Kier molecular flexibility index (Phi) is 4.18. The van der Waals surface area contributed by atoms with Gasteiger partial charge in [0.15, 0.2) is 5.16 Å². The maximum absolute atomic E-state index is 12.2. The number of H-pyrrole nitrogens is 1. The highest BCUT2D eigenvalue weighted by molar-refractivity contribution is 7.98. The molecule has 0 amide bonds. The van der Waals surface area contributed by atoms with E-state index < -0.39 is 0 Å². The van der Waals surface area contributed by atoms with Crippen molar-refractivity contribution in [1.82, 2.24) is 14.9 Å². The van der Waals surface area contributed by atoms with E-state index in [1.54, 1.807) is 0 Å². The predicted molar refractivity (Wildman–Crippen MR) is 85.9 cm³/mol. The van der Waals surface area contributed by atoms with Crippen LogP contribution < -0.4 is 5.56 Å². The third-order valence-corrected chi connectivity index (χ3v) is 4.47.